The Hall–Kier alpha value is -5.24. The number of hydrogen-bond acceptors (Lipinski definition) is 12. The maximum Gasteiger partial charge on any atom is 0.274 e. The Balaban J connectivity index is 1.73. The van der Waals surface area contributed by atoms with E-state index in [9.17, 15) is 19.2 Å². The quantitative estimate of drug-likeness (QED) is 0.0307. The van der Waals surface area contributed by atoms with Gasteiger partial charge in [-0.25, -0.2) is 9.97 Å². The van der Waals surface area contributed by atoms with Gasteiger partial charge in [-0.15, -0.1) is 23.5 Å². The highest BCUT2D eigenvalue weighted by Crippen LogP contribution is 2.36. The van der Waals surface area contributed by atoms with E-state index in [2.05, 4.69) is 41.2 Å². The largest absolute Gasteiger partial charge is 0.388 e. The van der Waals surface area contributed by atoms with Crippen LogP contribution >= 0.6 is 23.5 Å². The van der Waals surface area contributed by atoms with Crippen molar-refractivity contribution in [3.63, 3.8) is 0 Å². The Morgan fingerprint density at radius 3 is 1.48 bits per heavy atom. The van der Waals surface area contributed by atoms with E-state index >= 15 is 0 Å². The second-order valence-corrected chi connectivity index (χ2v) is 13.9. The molecule has 0 fully saturated rings. The number of nitrogens with one attached hydrogen (secondary N) is 4. The molecule has 0 aliphatic rings. The van der Waals surface area contributed by atoms with Crippen LogP contribution in [0.15, 0.2) is 68.6 Å². The summed E-state index contributed by atoms with van der Waals surface area (Å²) in [5, 5.41) is 11.5. The summed E-state index contributed by atoms with van der Waals surface area (Å²) in [5.41, 5.74) is 29.6. The molecule has 0 radical (unpaired) electrons. The van der Waals surface area contributed by atoms with E-state index in [4.69, 9.17) is 28.7 Å². The number of nitrogens with two attached hydrogens (primary N) is 5. The van der Waals surface area contributed by atoms with E-state index in [0.717, 1.165) is 12.7 Å². The summed E-state index contributed by atoms with van der Waals surface area (Å²) in [6.07, 6.45) is 4.23. The van der Waals surface area contributed by atoms with Crippen LogP contribution in [0.2, 0.25) is 0 Å². The molecule has 54 heavy (non-hydrogen) atoms. The number of carbonyl (C=O) groups is 4. The second kappa shape index (κ2) is 23.4. The predicted molar refractivity (Wildman–Crippen MR) is 218 cm³/mol. The van der Waals surface area contributed by atoms with Gasteiger partial charge in [0, 0.05) is 56.6 Å². The van der Waals surface area contributed by atoms with Crippen LogP contribution in [0.1, 0.15) is 66.4 Å². The lowest BCUT2D eigenvalue weighted by molar-refractivity contribution is -0.117. The Morgan fingerprint density at radius 2 is 1.07 bits per heavy atom. The number of hydrogen-bond donors (Lipinski definition) is 9. The molecule has 1 aromatic heterocycles. The van der Waals surface area contributed by atoms with Crippen LogP contribution in [0.5, 0.6) is 0 Å². The molecule has 14 N–H and O–H groups in total. The number of benzene rings is 2. The average molecular weight is 780 g/mol. The SMILES string of the molecule is CC(N)=NCCCCC(=O)Nc1cccc(NC(=O)c2cc(C(=O)Nc3cccc(NC(=O)CCCCN=C(N)N)c3SCCN)ncn2)c1SCCN. The van der Waals surface area contributed by atoms with Crippen molar-refractivity contribution in [2.75, 3.05) is 59.0 Å². The molecule has 3 rings (SSSR count). The van der Waals surface area contributed by atoms with Crippen LogP contribution < -0.4 is 49.9 Å². The number of amides is 4. The van der Waals surface area contributed by atoms with E-state index in [1.54, 1.807) is 43.3 Å². The smallest absolute Gasteiger partial charge is 0.274 e. The molecule has 19 heteroatoms. The van der Waals surface area contributed by atoms with E-state index in [1.807, 2.05) is 0 Å². The van der Waals surface area contributed by atoms with Crippen LogP contribution in [0.25, 0.3) is 0 Å². The summed E-state index contributed by atoms with van der Waals surface area (Å²) in [6.45, 7) is 3.43. The van der Waals surface area contributed by atoms with Gasteiger partial charge in [0.2, 0.25) is 11.8 Å². The molecular formula is C35H49N13O4S2. The molecule has 0 bridgehead atoms. The Bertz CT molecular complexity index is 1670. The minimum Gasteiger partial charge on any atom is -0.388 e. The molecule has 0 saturated carbocycles. The van der Waals surface area contributed by atoms with Crippen LogP contribution in [0, 0.1) is 0 Å². The molecule has 0 unspecified atom stereocenters. The molecule has 3 aromatic rings. The van der Waals surface area contributed by atoms with Gasteiger partial charge in [-0.2, -0.15) is 0 Å². The molecule has 0 aliphatic heterocycles. The number of unbranched alkanes of at least 4 members (excludes halogenated alkanes) is 2. The number of amidine groups is 1. The number of carbonyl (C=O) groups excluding carboxylic acids is 4. The highest BCUT2D eigenvalue weighted by Gasteiger charge is 2.19. The normalized spacial score (nSPS) is 11.1. The Morgan fingerprint density at radius 1 is 0.648 bits per heavy atom. The first-order valence-electron chi connectivity index (χ1n) is 17.3. The monoisotopic (exact) mass is 779 g/mol. The number of nitrogens with zero attached hydrogens (tertiary/aromatic N) is 4. The van der Waals surface area contributed by atoms with Crippen molar-refractivity contribution in [1.82, 2.24) is 9.97 Å². The molecule has 4 amide bonds. The number of aromatic nitrogens is 2. The summed E-state index contributed by atoms with van der Waals surface area (Å²) in [5.74, 6) is -0.0225. The van der Waals surface area contributed by atoms with Gasteiger partial charge in [0.1, 0.15) is 17.7 Å². The highest BCUT2D eigenvalue weighted by atomic mass is 32.2. The molecule has 0 saturated heterocycles. The molecule has 290 valence electrons. The van der Waals surface area contributed by atoms with Gasteiger partial charge in [-0.05, 0) is 56.9 Å². The van der Waals surface area contributed by atoms with Crippen molar-refractivity contribution in [2.45, 2.75) is 55.2 Å². The topological polar surface area (TPSA) is 297 Å². The van der Waals surface area contributed by atoms with Gasteiger partial charge in [-0.1, -0.05) is 12.1 Å². The van der Waals surface area contributed by atoms with Gasteiger partial charge < -0.3 is 49.9 Å². The second-order valence-electron chi connectivity index (χ2n) is 11.7. The third kappa shape index (κ3) is 15.0. The summed E-state index contributed by atoms with van der Waals surface area (Å²) >= 11 is 2.76. The first-order chi connectivity index (χ1) is 26.0. The minimum atomic E-state index is -0.599. The van der Waals surface area contributed by atoms with Crippen LogP contribution in [-0.2, 0) is 9.59 Å². The zero-order valence-corrected chi connectivity index (χ0v) is 31.9. The lowest BCUT2D eigenvalue weighted by Gasteiger charge is -2.16. The van der Waals surface area contributed by atoms with Crippen LogP contribution in [-0.4, -0.2) is 83.1 Å². The van der Waals surface area contributed by atoms with Crippen molar-refractivity contribution < 1.29 is 19.2 Å². The minimum absolute atomic E-state index is 0.00499. The van der Waals surface area contributed by atoms with Crippen molar-refractivity contribution in [1.29, 1.82) is 0 Å². The van der Waals surface area contributed by atoms with Gasteiger partial charge in [0.15, 0.2) is 5.96 Å². The fourth-order valence-corrected chi connectivity index (χ4v) is 6.51. The van der Waals surface area contributed by atoms with E-state index in [-0.39, 0.29) is 42.0 Å². The van der Waals surface area contributed by atoms with Crippen molar-refractivity contribution in [2.24, 2.45) is 38.7 Å². The van der Waals surface area contributed by atoms with Crippen molar-refractivity contribution in [3.05, 3.63) is 60.2 Å². The lowest BCUT2D eigenvalue weighted by Crippen LogP contribution is -2.23. The number of guanidine groups is 1. The molecular weight excluding hydrogens is 731 g/mol. The molecule has 17 nitrogen and oxygen atoms in total. The number of anilines is 4. The number of thioether (sulfide) groups is 2. The van der Waals surface area contributed by atoms with Crippen molar-refractivity contribution in [3.8, 4) is 0 Å². The summed E-state index contributed by atoms with van der Waals surface area (Å²) in [6, 6.07) is 11.6. The lowest BCUT2D eigenvalue weighted by atomic mass is 10.2. The molecule has 0 aliphatic carbocycles. The van der Waals surface area contributed by atoms with E-state index < -0.39 is 11.8 Å². The van der Waals surface area contributed by atoms with Gasteiger partial charge in [0.05, 0.1) is 38.4 Å². The fourth-order valence-electron chi connectivity index (χ4n) is 4.76. The number of aliphatic imine (C=N–C) groups is 2. The molecule has 2 aromatic carbocycles. The fraction of sp³-hybridized carbons (Fsp3) is 0.371. The van der Waals surface area contributed by atoms with Crippen molar-refractivity contribution >= 4 is 81.7 Å². The van der Waals surface area contributed by atoms with Gasteiger partial charge >= 0.3 is 0 Å². The third-order valence-electron chi connectivity index (χ3n) is 7.21. The molecule has 0 atom stereocenters. The van der Waals surface area contributed by atoms with E-state index in [1.165, 1.54) is 29.6 Å². The average Bonchev–Trinajstić information content (AvgIpc) is 3.13. The molecule has 1 heterocycles. The van der Waals surface area contributed by atoms with E-state index in [0.29, 0.717) is 95.3 Å². The van der Waals surface area contributed by atoms with Gasteiger partial charge in [0.25, 0.3) is 11.8 Å². The maximum atomic E-state index is 13.5. The first kappa shape index (κ1) is 43.2. The first-order valence-corrected chi connectivity index (χ1v) is 19.3. The summed E-state index contributed by atoms with van der Waals surface area (Å²) in [7, 11) is 0. The summed E-state index contributed by atoms with van der Waals surface area (Å²) < 4.78 is 0. The molecule has 0 spiro atoms. The Kier molecular flexibility index (Phi) is 18.7. The predicted octanol–water partition coefficient (Wildman–Crippen LogP) is 2.95. The standard InChI is InChI=1S/C35H49N13O4S2/c1-22(38)41-16-4-2-12-29(49)45-23-8-6-10-25(31(23)53-18-14-36)47-33(51)27-20-28(44-21-43-27)34(52)48-26-11-7-9-24(32(26)54-19-15-37)46-30(50)13-3-5-17-42-35(39)40/h6-11,20-21H,2-5,12-19,36-37H2,1H3,(H2,38,41)(H,45,49)(H,46,50)(H,47,51)(H,48,52)(H4,39,40,42). The number of rotatable bonds is 22. The van der Waals surface area contributed by atoms with Crippen LogP contribution in [0.4, 0.5) is 22.7 Å². The maximum absolute atomic E-state index is 13.5. The zero-order chi connectivity index (χ0) is 39.3. The third-order valence-corrected chi connectivity index (χ3v) is 9.55. The van der Waals surface area contributed by atoms with Crippen LogP contribution in [0.3, 0.4) is 0 Å². The Labute approximate surface area is 323 Å². The zero-order valence-electron chi connectivity index (χ0n) is 30.2. The summed E-state index contributed by atoms with van der Waals surface area (Å²) in [4.78, 5) is 69.9. The van der Waals surface area contributed by atoms with Gasteiger partial charge in [-0.3, -0.25) is 29.2 Å². The highest BCUT2D eigenvalue weighted by molar-refractivity contribution is 7.99.